The SMILES string of the molecule is CCC(c1ccccc1)N1Cc2cc3c(cc2CC1C(=O)N[C@@H](Cc1ccc(-c2ccc(C#N)cc2)cc1)C(=O)O)N(C)C(=O)C(c1ccc(OCc2ccc(Cl)c(Cl)c2)cc1)O3. The summed E-state index contributed by atoms with van der Waals surface area (Å²) in [6.07, 6.45) is 0.181. The van der Waals surface area contributed by atoms with Crippen LogP contribution in [0.5, 0.6) is 11.5 Å². The number of carboxylic acids is 1. The highest BCUT2D eigenvalue weighted by atomic mass is 35.5. The van der Waals surface area contributed by atoms with Crippen LogP contribution in [0.3, 0.4) is 0 Å². The topological polar surface area (TPSA) is 132 Å². The van der Waals surface area contributed by atoms with Gasteiger partial charge in [0, 0.05) is 31.6 Å². The van der Waals surface area contributed by atoms with Crippen molar-refractivity contribution in [1.29, 1.82) is 5.26 Å². The molecule has 2 heterocycles. The number of aliphatic carboxylic acids is 1. The number of amides is 2. The Morgan fingerprint density at radius 2 is 1.56 bits per heavy atom. The van der Waals surface area contributed by atoms with E-state index in [2.05, 4.69) is 23.2 Å². The van der Waals surface area contributed by atoms with Gasteiger partial charge in [-0.2, -0.15) is 5.26 Å². The molecule has 0 radical (unpaired) electrons. The molecule has 0 saturated carbocycles. The van der Waals surface area contributed by atoms with Crippen molar-refractivity contribution >= 4 is 46.7 Å². The lowest BCUT2D eigenvalue weighted by molar-refractivity contribution is -0.143. The molecular formula is C51H44Cl2N4O6. The molecule has 2 aliphatic rings. The number of hydrogen-bond donors (Lipinski definition) is 2. The van der Waals surface area contributed by atoms with E-state index in [1.54, 1.807) is 48.3 Å². The van der Waals surface area contributed by atoms with Crippen LogP contribution >= 0.6 is 23.2 Å². The van der Waals surface area contributed by atoms with E-state index < -0.39 is 24.2 Å². The zero-order valence-electron chi connectivity index (χ0n) is 34.6. The van der Waals surface area contributed by atoms with Crippen molar-refractivity contribution in [2.24, 2.45) is 0 Å². The van der Waals surface area contributed by atoms with E-state index in [1.807, 2.05) is 97.1 Å². The van der Waals surface area contributed by atoms with Gasteiger partial charge in [-0.3, -0.25) is 14.5 Å². The van der Waals surface area contributed by atoms with Crippen molar-refractivity contribution in [2.75, 3.05) is 11.9 Å². The Labute approximate surface area is 376 Å². The van der Waals surface area contributed by atoms with Crippen molar-refractivity contribution in [1.82, 2.24) is 10.2 Å². The minimum absolute atomic E-state index is 0.0846. The standard InChI is InChI=1S/C51H44Cl2N4O6/c1-3-44(36-7-5-4-6-8-36)57-29-39-27-47-45(56(2)50(59)48(63-47)37-18-20-40(21-19-37)62-30-33-13-22-41(52)42(53)23-33)25-38(39)26-46(57)49(58)55-43(51(60)61)24-31-9-14-34(15-10-31)35-16-11-32(28-54)12-17-35/h4-23,25,27,43-44,46,48H,3,24,26,29-30H2,1-2H3,(H,55,58)(H,60,61)/t43-,44?,46?,48?/m0/s1. The second kappa shape index (κ2) is 18.8. The first-order valence-corrected chi connectivity index (χ1v) is 21.4. The number of halogens is 2. The molecule has 0 fully saturated rings. The van der Waals surface area contributed by atoms with Crippen molar-refractivity contribution in [3.8, 4) is 28.7 Å². The van der Waals surface area contributed by atoms with E-state index in [0.717, 1.165) is 38.9 Å². The van der Waals surface area contributed by atoms with E-state index in [9.17, 15) is 19.5 Å². The molecule has 3 unspecified atom stereocenters. The molecule has 2 amide bonds. The minimum Gasteiger partial charge on any atom is -0.489 e. The van der Waals surface area contributed by atoms with Gasteiger partial charge in [-0.15, -0.1) is 0 Å². The molecule has 10 nitrogen and oxygen atoms in total. The van der Waals surface area contributed by atoms with Crippen molar-refractivity contribution < 1.29 is 29.0 Å². The lowest BCUT2D eigenvalue weighted by Crippen LogP contribution is -2.55. The predicted molar refractivity (Wildman–Crippen MR) is 243 cm³/mol. The third-order valence-corrected chi connectivity index (χ3v) is 12.5. The molecule has 63 heavy (non-hydrogen) atoms. The fourth-order valence-electron chi connectivity index (χ4n) is 8.38. The molecule has 6 aromatic carbocycles. The van der Waals surface area contributed by atoms with E-state index in [0.29, 0.717) is 57.7 Å². The molecule has 4 atom stereocenters. The predicted octanol–water partition coefficient (Wildman–Crippen LogP) is 9.90. The van der Waals surface area contributed by atoms with E-state index in [-0.39, 0.29) is 30.9 Å². The number of carbonyl (C=O) groups is 3. The maximum Gasteiger partial charge on any atom is 0.326 e. The molecule has 0 saturated heterocycles. The molecule has 6 aromatic rings. The van der Waals surface area contributed by atoms with Crippen LogP contribution in [-0.4, -0.2) is 46.9 Å². The van der Waals surface area contributed by atoms with E-state index in [1.165, 1.54) is 0 Å². The average molecular weight is 880 g/mol. The summed E-state index contributed by atoms with van der Waals surface area (Å²) < 4.78 is 12.5. The lowest BCUT2D eigenvalue weighted by Gasteiger charge is -2.42. The van der Waals surface area contributed by atoms with Gasteiger partial charge >= 0.3 is 5.97 Å². The Kier molecular flexibility index (Phi) is 12.8. The van der Waals surface area contributed by atoms with Crippen LogP contribution in [0.1, 0.15) is 64.4 Å². The quantitative estimate of drug-likeness (QED) is 0.117. The highest BCUT2D eigenvalue weighted by Gasteiger charge is 2.40. The first kappa shape index (κ1) is 43.0. The van der Waals surface area contributed by atoms with Crippen LogP contribution in [-0.2, 0) is 40.4 Å². The number of anilines is 1. The van der Waals surface area contributed by atoms with Crippen molar-refractivity contribution in [3.63, 3.8) is 0 Å². The molecule has 0 aliphatic carbocycles. The van der Waals surface area contributed by atoms with Gasteiger partial charge in [0.15, 0.2) is 0 Å². The van der Waals surface area contributed by atoms with Gasteiger partial charge in [0.25, 0.3) is 5.91 Å². The Morgan fingerprint density at radius 3 is 2.21 bits per heavy atom. The number of rotatable bonds is 13. The van der Waals surface area contributed by atoms with Gasteiger partial charge in [-0.05, 0) is 100 Å². The van der Waals surface area contributed by atoms with Gasteiger partial charge in [0.05, 0.1) is 33.4 Å². The van der Waals surface area contributed by atoms with E-state index >= 15 is 0 Å². The minimum atomic E-state index is -1.18. The van der Waals surface area contributed by atoms with Crippen LogP contribution in [0, 0.1) is 11.3 Å². The Morgan fingerprint density at radius 1 is 0.873 bits per heavy atom. The Balaban J connectivity index is 1.02. The second-order valence-electron chi connectivity index (χ2n) is 15.8. The summed E-state index contributed by atoms with van der Waals surface area (Å²) in [7, 11) is 1.72. The summed E-state index contributed by atoms with van der Waals surface area (Å²) in [6, 6.07) is 41.3. The highest BCUT2D eigenvalue weighted by Crippen LogP contribution is 2.43. The average Bonchev–Trinajstić information content (AvgIpc) is 3.30. The van der Waals surface area contributed by atoms with Gasteiger partial charge in [0.1, 0.15) is 24.1 Å². The molecule has 0 spiro atoms. The van der Waals surface area contributed by atoms with Gasteiger partial charge in [-0.1, -0.05) is 115 Å². The smallest absolute Gasteiger partial charge is 0.326 e. The van der Waals surface area contributed by atoms with Gasteiger partial charge in [-0.25, -0.2) is 4.79 Å². The molecule has 8 rings (SSSR count). The number of carboxylic acid groups (broad SMARTS) is 1. The summed E-state index contributed by atoms with van der Waals surface area (Å²) in [5, 5.41) is 23.4. The summed E-state index contributed by atoms with van der Waals surface area (Å²) in [5.41, 5.74) is 8.18. The summed E-state index contributed by atoms with van der Waals surface area (Å²) in [6.45, 7) is 2.75. The molecule has 318 valence electrons. The maximum atomic E-state index is 14.5. The molecule has 2 aliphatic heterocycles. The number of nitrogens with one attached hydrogen (secondary N) is 1. The maximum absolute atomic E-state index is 14.5. The largest absolute Gasteiger partial charge is 0.489 e. The number of carbonyl (C=O) groups excluding carboxylic acids is 2. The van der Waals surface area contributed by atoms with Crippen LogP contribution in [0.2, 0.25) is 10.0 Å². The highest BCUT2D eigenvalue weighted by molar-refractivity contribution is 6.42. The zero-order chi connectivity index (χ0) is 44.2. The molecule has 12 heteroatoms. The summed E-state index contributed by atoms with van der Waals surface area (Å²) in [4.78, 5) is 44.8. The van der Waals surface area contributed by atoms with Crippen LogP contribution < -0.4 is 19.7 Å². The van der Waals surface area contributed by atoms with Crippen LogP contribution in [0.15, 0.2) is 133 Å². The number of ether oxygens (including phenoxy) is 2. The second-order valence-corrected chi connectivity index (χ2v) is 16.6. The van der Waals surface area contributed by atoms with Crippen LogP contribution in [0.25, 0.3) is 11.1 Å². The molecular weight excluding hydrogens is 835 g/mol. The van der Waals surface area contributed by atoms with Crippen LogP contribution in [0.4, 0.5) is 5.69 Å². The fourth-order valence-corrected chi connectivity index (χ4v) is 8.70. The number of likely N-dealkylation sites (N-methyl/N-ethyl adjacent to an activating group) is 1. The molecule has 0 aromatic heterocycles. The normalized spacial score (nSPS) is 16.7. The van der Waals surface area contributed by atoms with E-state index in [4.69, 9.17) is 37.9 Å². The van der Waals surface area contributed by atoms with Gasteiger partial charge < -0.3 is 24.8 Å². The Bertz CT molecular complexity index is 2690. The first-order valence-electron chi connectivity index (χ1n) is 20.7. The first-order chi connectivity index (χ1) is 30.5. The number of fused-ring (bicyclic) bond motifs is 2. The number of benzene rings is 6. The van der Waals surface area contributed by atoms with Gasteiger partial charge in [0.2, 0.25) is 12.0 Å². The molecule has 2 N–H and O–H groups in total. The number of hydrogen-bond acceptors (Lipinski definition) is 7. The summed E-state index contributed by atoms with van der Waals surface area (Å²) >= 11 is 12.2. The third-order valence-electron chi connectivity index (χ3n) is 11.8. The third kappa shape index (κ3) is 9.42. The number of nitriles is 1. The summed E-state index contributed by atoms with van der Waals surface area (Å²) in [5.74, 6) is -0.610. The lowest BCUT2D eigenvalue weighted by atomic mass is 9.88. The fraction of sp³-hybridized carbons (Fsp3) is 0.216. The zero-order valence-corrected chi connectivity index (χ0v) is 36.1. The van der Waals surface area contributed by atoms with Crippen molar-refractivity contribution in [2.45, 2.75) is 63.6 Å². The van der Waals surface area contributed by atoms with Crippen molar-refractivity contribution in [3.05, 3.63) is 182 Å². The number of nitrogens with zero attached hydrogens (tertiary/aromatic N) is 3. The molecule has 0 bridgehead atoms. The Hall–Kier alpha value is -6.64. The monoisotopic (exact) mass is 878 g/mol.